The van der Waals surface area contributed by atoms with Gasteiger partial charge in [-0.25, -0.2) is 0 Å². The molecule has 1 saturated carbocycles. The molecule has 0 aliphatic heterocycles. The number of halogens is 1. The number of H-pyrrole nitrogens is 1. The summed E-state index contributed by atoms with van der Waals surface area (Å²) in [6.07, 6.45) is 6.56. The number of hydrogen-bond donors (Lipinski definition) is 3. The lowest BCUT2D eigenvalue weighted by atomic mass is 9.94. The fourth-order valence-corrected chi connectivity index (χ4v) is 3.55. The van der Waals surface area contributed by atoms with E-state index in [-0.39, 0.29) is 0 Å². The van der Waals surface area contributed by atoms with Crippen LogP contribution in [0.2, 0.25) is 5.02 Å². The van der Waals surface area contributed by atoms with Crippen LogP contribution in [0.3, 0.4) is 0 Å². The molecule has 0 unspecified atom stereocenters. The van der Waals surface area contributed by atoms with Crippen LogP contribution in [-0.2, 0) is 6.54 Å². The highest BCUT2D eigenvalue weighted by Crippen LogP contribution is 2.28. The van der Waals surface area contributed by atoms with Crippen molar-refractivity contribution < 1.29 is 5.11 Å². The smallest absolute Gasteiger partial charge is 0.0771 e. The first-order chi connectivity index (χ1) is 10.2. The van der Waals surface area contributed by atoms with Crippen molar-refractivity contribution in [2.45, 2.75) is 50.7 Å². The largest absolute Gasteiger partial charge is 0.389 e. The molecule has 2 aromatic rings. The number of rotatable bonds is 4. The molecule has 0 amide bonds. The Labute approximate surface area is 130 Å². The fraction of sp³-hybridized carbons (Fsp3) is 0.529. The van der Waals surface area contributed by atoms with Crippen LogP contribution >= 0.6 is 11.6 Å². The summed E-state index contributed by atoms with van der Waals surface area (Å²) in [5.41, 5.74) is 1.51. The molecular formula is C17H23ClN2O. The van der Waals surface area contributed by atoms with Crippen LogP contribution in [0, 0.1) is 0 Å². The number of aromatic nitrogens is 1. The lowest BCUT2D eigenvalue weighted by Gasteiger charge is -2.26. The first-order valence-electron chi connectivity index (χ1n) is 7.86. The van der Waals surface area contributed by atoms with Crippen molar-refractivity contribution in [2.75, 3.05) is 6.54 Å². The van der Waals surface area contributed by atoms with Crippen LogP contribution < -0.4 is 5.32 Å². The summed E-state index contributed by atoms with van der Waals surface area (Å²) in [6.45, 7) is 1.30. The van der Waals surface area contributed by atoms with Crippen LogP contribution in [0.4, 0.5) is 0 Å². The summed E-state index contributed by atoms with van der Waals surface area (Å²) < 4.78 is 0. The van der Waals surface area contributed by atoms with Crippen LogP contribution in [0.1, 0.15) is 44.2 Å². The van der Waals surface area contributed by atoms with E-state index in [1.165, 1.54) is 12.8 Å². The molecule has 0 saturated heterocycles. The lowest BCUT2D eigenvalue weighted by Crippen LogP contribution is -2.40. The number of nitrogens with one attached hydrogen (secondary N) is 2. The first-order valence-corrected chi connectivity index (χ1v) is 8.24. The Bertz CT molecular complexity index is 600. The second kappa shape index (κ2) is 6.39. The number of benzene rings is 1. The van der Waals surface area contributed by atoms with Crippen molar-refractivity contribution in [2.24, 2.45) is 0 Å². The predicted molar refractivity (Wildman–Crippen MR) is 87.7 cm³/mol. The van der Waals surface area contributed by atoms with Crippen LogP contribution in [0.15, 0.2) is 24.3 Å². The fourth-order valence-electron chi connectivity index (χ4n) is 3.27. The molecule has 1 aromatic heterocycles. The summed E-state index contributed by atoms with van der Waals surface area (Å²) in [6, 6.07) is 8.05. The van der Waals surface area contributed by atoms with E-state index in [2.05, 4.69) is 10.3 Å². The molecule has 0 radical (unpaired) electrons. The molecule has 1 heterocycles. The molecule has 1 aliphatic rings. The SMILES string of the molecule is OC1(CNCc2[nH]c3ccccc3c2Cl)CCCCCC1. The highest BCUT2D eigenvalue weighted by molar-refractivity contribution is 6.36. The zero-order valence-electron chi connectivity index (χ0n) is 12.3. The second-order valence-electron chi connectivity index (χ2n) is 6.21. The van der Waals surface area contributed by atoms with Gasteiger partial charge in [-0.15, -0.1) is 0 Å². The van der Waals surface area contributed by atoms with Gasteiger partial charge in [0.1, 0.15) is 0 Å². The molecule has 4 heteroatoms. The third-order valence-electron chi connectivity index (χ3n) is 4.50. The predicted octanol–water partition coefficient (Wildman–Crippen LogP) is 4.00. The molecule has 0 spiro atoms. The van der Waals surface area contributed by atoms with Crippen molar-refractivity contribution in [3.63, 3.8) is 0 Å². The number of fused-ring (bicyclic) bond motifs is 1. The number of para-hydroxylation sites is 1. The van der Waals surface area contributed by atoms with E-state index in [0.717, 1.165) is 47.3 Å². The quantitative estimate of drug-likeness (QED) is 0.748. The van der Waals surface area contributed by atoms with Crippen molar-refractivity contribution in [3.8, 4) is 0 Å². The molecule has 0 atom stereocenters. The average Bonchev–Trinajstić information content (AvgIpc) is 2.66. The molecule has 3 rings (SSSR count). The standard InChI is InChI=1S/C17H23ClN2O/c18-16-13-7-3-4-8-14(13)20-15(16)11-19-12-17(21)9-5-1-2-6-10-17/h3-4,7-8,19-21H,1-2,5-6,9-12H2. The zero-order chi connectivity index (χ0) is 14.7. The third kappa shape index (κ3) is 3.42. The van der Waals surface area contributed by atoms with Gasteiger partial charge < -0.3 is 15.4 Å². The zero-order valence-corrected chi connectivity index (χ0v) is 13.0. The van der Waals surface area contributed by atoms with Gasteiger partial charge in [-0.1, -0.05) is 55.5 Å². The van der Waals surface area contributed by atoms with Gasteiger partial charge in [-0.3, -0.25) is 0 Å². The summed E-state index contributed by atoms with van der Waals surface area (Å²) >= 11 is 6.41. The maximum absolute atomic E-state index is 10.6. The minimum atomic E-state index is -0.547. The van der Waals surface area contributed by atoms with E-state index < -0.39 is 5.60 Å². The topological polar surface area (TPSA) is 48.0 Å². The van der Waals surface area contributed by atoms with E-state index in [4.69, 9.17) is 11.6 Å². The summed E-state index contributed by atoms with van der Waals surface area (Å²) in [4.78, 5) is 3.35. The van der Waals surface area contributed by atoms with Gasteiger partial charge in [-0.05, 0) is 18.9 Å². The van der Waals surface area contributed by atoms with E-state index in [1.54, 1.807) is 0 Å². The first kappa shape index (κ1) is 14.9. The average molecular weight is 307 g/mol. The molecular weight excluding hydrogens is 284 g/mol. The molecule has 1 aliphatic carbocycles. The highest BCUT2D eigenvalue weighted by Gasteiger charge is 2.27. The summed E-state index contributed by atoms with van der Waals surface area (Å²) in [5.74, 6) is 0. The van der Waals surface area contributed by atoms with Crippen LogP contribution in [0.25, 0.3) is 10.9 Å². The monoisotopic (exact) mass is 306 g/mol. The molecule has 0 bridgehead atoms. The maximum atomic E-state index is 10.6. The Morgan fingerprint density at radius 2 is 1.86 bits per heavy atom. The minimum absolute atomic E-state index is 0.547. The third-order valence-corrected chi connectivity index (χ3v) is 4.94. The summed E-state index contributed by atoms with van der Waals surface area (Å²) in [7, 11) is 0. The number of aliphatic hydroxyl groups is 1. The molecule has 3 N–H and O–H groups in total. The van der Waals surface area contributed by atoms with Gasteiger partial charge in [0.2, 0.25) is 0 Å². The van der Waals surface area contributed by atoms with Crippen LogP contribution in [0.5, 0.6) is 0 Å². The molecule has 21 heavy (non-hydrogen) atoms. The minimum Gasteiger partial charge on any atom is -0.389 e. The van der Waals surface area contributed by atoms with Gasteiger partial charge in [0.15, 0.2) is 0 Å². The van der Waals surface area contributed by atoms with Gasteiger partial charge >= 0.3 is 0 Å². The van der Waals surface area contributed by atoms with Gasteiger partial charge in [0, 0.05) is 29.7 Å². The van der Waals surface area contributed by atoms with Crippen molar-refractivity contribution in [1.29, 1.82) is 0 Å². The van der Waals surface area contributed by atoms with Crippen molar-refractivity contribution in [1.82, 2.24) is 10.3 Å². The van der Waals surface area contributed by atoms with Gasteiger partial charge in [0.25, 0.3) is 0 Å². The number of aromatic amines is 1. The Morgan fingerprint density at radius 1 is 1.14 bits per heavy atom. The molecule has 114 valence electrons. The second-order valence-corrected chi connectivity index (χ2v) is 6.58. The summed E-state index contributed by atoms with van der Waals surface area (Å²) in [5, 5.41) is 15.9. The number of hydrogen-bond acceptors (Lipinski definition) is 2. The lowest BCUT2D eigenvalue weighted by molar-refractivity contribution is 0.0250. The Morgan fingerprint density at radius 3 is 2.57 bits per heavy atom. The van der Waals surface area contributed by atoms with Gasteiger partial charge in [0.05, 0.1) is 10.6 Å². The van der Waals surface area contributed by atoms with Gasteiger partial charge in [-0.2, -0.15) is 0 Å². The highest BCUT2D eigenvalue weighted by atomic mass is 35.5. The van der Waals surface area contributed by atoms with E-state index in [1.807, 2.05) is 24.3 Å². The van der Waals surface area contributed by atoms with E-state index in [0.29, 0.717) is 13.1 Å². The van der Waals surface area contributed by atoms with Crippen molar-refractivity contribution >= 4 is 22.5 Å². The Hall–Kier alpha value is -1.03. The molecule has 1 aromatic carbocycles. The molecule has 3 nitrogen and oxygen atoms in total. The normalized spacial score (nSPS) is 18.8. The Kier molecular flexibility index (Phi) is 4.53. The van der Waals surface area contributed by atoms with Crippen molar-refractivity contribution in [3.05, 3.63) is 35.0 Å². The molecule has 1 fully saturated rings. The maximum Gasteiger partial charge on any atom is 0.0771 e. The van der Waals surface area contributed by atoms with Crippen LogP contribution in [-0.4, -0.2) is 22.2 Å². The Balaban J connectivity index is 1.62. The van der Waals surface area contributed by atoms with E-state index in [9.17, 15) is 5.11 Å². The van der Waals surface area contributed by atoms with E-state index >= 15 is 0 Å².